The summed E-state index contributed by atoms with van der Waals surface area (Å²) in [5.74, 6) is -0.371. The van der Waals surface area contributed by atoms with Crippen molar-refractivity contribution >= 4 is 24.0 Å². The van der Waals surface area contributed by atoms with Gasteiger partial charge >= 0.3 is 0 Å². The van der Waals surface area contributed by atoms with Gasteiger partial charge in [-0.15, -0.1) is 12.4 Å². The first kappa shape index (κ1) is 18.1. The Hall–Kier alpha value is -1.93. The molecule has 0 saturated heterocycles. The number of hydrogen-bond acceptors (Lipinski definition) is 5. The maximum atomic E-state index is 11.6. The minimum atomic E-state index is -0.614. The number of carbonyl (C=O) groups is 1. The van der Waals surface area contributed by atoms with Crippen LogP contribution in [0.3, 0.4) is 0 Å². The number of nitrogens with one attached hydrogen (secondary N) is 2. The van der Waals surface area contributed by atoms with E-state index in [9.17, 15) is 19.7 Å². The third-order valence-electron chi connectivity index (χ3n) is 2.59. The Bertz CT molecular complexity index is 531. The van der Waals surface area contributed by atoms with E-state index in [2.05, 4.69) is 10.6 Å². The third-order valence-corrected chi connectivity index (χ3v) is 2.59. The first-order chi connectivity index (χ1) is 8.93. The van der Waals surface area contributed by atoms with E-state index in [-0.39, 0.29) is 36.6 Å². The van der Waals surface area contributed by atoms with Crippen LogP contribution >= 0.6 is 12.4 Å². The summed E-state index contributed by atoms with van der Waals surface area (Å²) >= 11 is 0. The van der Waals surface area contributed by atoms with Crippen molar-refractivity contribution in [2.24, 2.45) is 0 Å². The van der Waals surface area contributed by atoms with E-state index >= 15 is 0 Å². The molecular weight excluding hydrogens is 288 g/mol. The lowest BCUT2D eigenvalue weighted by Crippen LogP contribution is -2.39. The SMILES string of the molecule is CNC(C)CNC(=O)Cn1cc([N+](=O)[O-])ccc1=O.Cl. The van der Waals surface area contributed by atoms with Gasteiger partial charge in [-0.25, -0.2) is 0 Å². The maximum Gasteiger partial charge on any atom is 0.285 e. The van der Waals surface area contributed by atoms with Crippen molar-refractivity contribution in [2.75, 3.05) is 13.6 Å². The number of nitrogens with zero attached hydrogens (tertiary/aromatic N) is 2. The summed E-state index contributed by atoms with van der Waals surface area (Å²) in [5, 5.41) is 16.2. The quantitative estimate of drug-likeness (QED) is 0.564. The largest absolute Gasteiger partial charge is 0.353 e. The van der Waals surface area contributed by atoms with Crippen molar-refractivity contribution in [3.8, 4) is 0 Å². The Kier molecular flexibility index (Phi) is 7.48. The lowest BCUT2D eigenvalue weighted by Gasteiger charge is -2.11. The molecule has 1 atom stereocenters. The van der Waals surface area contributed by atoms with Crippen LogP contribution in [0.2, 0.25) is 0 Å². The van der Waals surface area contributed by atoms with E-state index in [1.54, 1.807) is 7.05 Å². The average Bonchev–Trinajstić information content (AvgIpc) is 2.38. The van der Waals surface area contributed by atoms with E-state index in [1.165, 1.54) is 0 Å². The monoisotopic (exact) mass is 304 g/mol. The van der Waals surface area contributed by atoms with Gasteiger partial charge in [0.2, 0.25) is 5.91 Å². The highest BCUT2D eigenvalue weighted by Gasteiger charge is 2.10. The first-order valence-electron chi connectivity index (χ1n) is 5.73. The molecule has 0 aliphatic carbocycles. The summed E-state index contributed by atoms with van der Waals surface area (Å²) in [7, 11) is 1.77. The summed E-state index contributed by atoms with van der Waals surface area (Å²) in [5.41, 5.74) is -0.682. The van der Waals surface area contributed by atoms with Crippen molar-refractivity contribution in [1.82, 2.24) is 15.2 Å². The van der Waals surface area contributed by atoms with Crippen LogP contribution in [0.15, 0.2) is 23.1 Å². The second-order valence-corrected chi connectivity index (χ2v) is 4.10. The van der Waals surface area contributed by atoms with Crippen molar-refractivity contribution < 1.29 is 9.72 Å². The number of halogens is 1. The molecule has 1 unspecified atom stereocenters. The number of nitro groups is 1. The van der Waals surface area contributed by atoms with Gasteiger partial charge in [0, 0.05) is 24.7 Å². The van der Waals surface area contributed by atoms with Crippen LogP contribution in [0.4, 0.5) is 5.69 Å². The van der Waals surface area contributed by atoms with Crippen LogP contribution in [0.1, 0.15) is 6.92 Å². The lowest BCUT2D eigenvalue weighted by molar-refractivity contribution is -0.385. The molecule has 0 fully saturated rings. The van der Waals surface area contributed by atoms with Gasteiger partial charge in [0.05, 0.1) is 11.1 Å². The Morgan fingerprint density at radius 2 is 2.15 bits per heavy atom. The normalized spacial score (nSPS) is 11.3. The van der Waals surface area contributed by atoms with Gasteiger partial charge in [-0.05, 0) is 14.0 Å². The first-order valence-corrected chi connectivity index (χ1v) is 5.73. The molecule has 0 bridgehead atoms. The zero-order chi connectivity index (χ0) is 14.4. The summed E-state index contributed by atoms with van der Waals surface area (Å²) < 4.78 is 1.01. The molecule has 0 aliphatic heterocycles. The molecule has 1 rings (SSSR count). The molecule has 1 amide bonds. The fourth-order valence-electron chi connectivity index (χ4n) is 1.33. The molecule has 1 heterocycles. The van der Waals surface area contributed by atoms with Crippen molar-refractivity contribution in [3.05, 3.63) is 38.8 Å². The van der Waals surface area contributed by atoms with E-state index < -0.39 is 10.5 Å². The number of amides is 1. The molecule has 0 aromatic carbocycles. The van der Waals surface area contributed by atoms with Gasteiger partial charge in [-0.1, -0.05) is 0 Å². The number of pyridine rings is 1. The van der Waals surface area contributed by atoms with Crippen molar-refractivity contribution in [2.45, 2.75) is 19.5 Å². The van der Waals surface area contributed by atoms with Gasteiger partial charge in [0.1, 0.15) is 6.54 Å². The van der Waals surface area contributed by atoms with Crippen LogP contribution < -0.4 is 16.2 Å². The van der Waals surface area contributed by atoms with Crippen LogP contribution in [-0.4, -0.2) is 35.0 Å². The summed E-state index contributed by atoms with van der Waals surface area (Å²) in [6.45, 7) is 2.07. The predicted octanol–water partition coefficient (Wildman–Crippen LogP) is -0.0976. The van der Waals surface area contributed by atoms with Gasteiger partial charge in [0.15, 0.2) is 0 Å². The third kappa shape index (κ3) is 5.37. The predicted molar refractivity (Wildman–Crippen MR) is 76.1 cm³/mol. The smallest absolute Gasteiger partial charge is 0.285 e. The summed E-state index contributed by atoms with van der Waals surface area (Å²) in [6.07, 6.45) is 1.06. The molecule has 112 valence electrons. The Morgan fingerprint density at radius 1 is 1.50 bits per heavy atom. The highest BCUT2D eigenvalue weighted by molar-refractivity contribution is 5.85. The number of likely N-dealkylation sites (N-methyl/N-ethyl adjacent to an activating group) is 1. The molecular formula is C11H17ClN4O4. The standard InChI is InChI=1S/C11H16N4O4.ClH/c1-8(12-2)5-13-10(16)7-14-6-9(15(18)19)3-4-11(14)17;/h3-4,6,8,12H,5,7H2,1-2H3,(H,13,16);1H. The van der Waals surface area contributed by atoms with Crippen LogP contribution in [0.25, 0.3) is 0 Å². The minimum absolute atomic E-state index is 0. The van der Waals surface area contributed by atoms with Gasteiger partial charge in [-0.2, -0.15) is 0 Å². The van der Waals surface area contributed by atoms with Crippen LogP contribution in [-0.2, 0) is 11.3 Å². The molecule has 8 nitrogen and oxygen atoms in total. The minimum Gasteiger partial charge on any atom is -0.353 e. The summed E-state index contributed by atoms with van der Waals surface area (Å²) in [4.78, 5) is 33.0. The van der Waals surface area contributed by atoms with Gasteiger partial charge in [-0.3, -0.25) is 24.3 Å². The van der Waals surface area contributed by atoms with E-state index in [4.69, 9.17) is 0 Å². The molecule has 0 radical (unpaired) electrons. The Balaban J connectivity index is 0.00000361. The molecule has 1 aromatic rings. The molecule has 0 saturated carbocycles. The fourth-order valence-corrected chi connectivity index (χ4v) is 1.33. The zero-order valence-electron chi connectivity index (χ0n) is 11.2. The van der Waals surface area contributed by atoms with E-state index in [0.29, 0.717) is 6.54 Å². The van der Waals surface area contributed by atoms with Crippen LogP contribution in [0.5, 0.6) is 0 Å². The second kappa shape index (κ2) is 8.28. The number of aromatic nitrogens is 1. The molecule has 2 N–H and O–H groups in total. The molecule has 9 heteroatoms. The molecule has 0 aliphatic rings. The van der Waals surface area contributed by atoms with Gasteiger partial charge < -0.3 is 10.6 Å². The number of carbonyl (C=O) groups excluding carboxylic acids is 1. The van der Waals surface area contributed by atoms with Gasteiger partial charge in [0.25, 0.3) is 11.2 Å². The van der Waals surface area contributed by atoms with Crippen molar-refractivity contribution in [3.63, 3.8) is 0 Å². The topological polar surface area (TPSA) is 106 Å². The Labute approximate surface area is 121 Å². The Morgan fingerprint density at radius 3 is 2.70 bits per heavy atom. The molecule has 1 aromatic heterocycles. The zero-order valence-corrected chi connectivity index (χ0v) is 12.0. The number of hydrogen-bond donors (Lipinski definition) is 2. The highest BCUT2D eigenvalue weighted by atomic mass is 35.5. The molecule has 20 heavy (non-hydrogen) atoms. The fraction of sp³-hybridized carbons (Fsp3) is 0.455. The summed E-state index contributed by atoms with van der Waals surface area (Å²) in [6, 6.07) is 2.28. The second-order valence-electron chi connectivity index (χ2n) is 4.10. The highest BCUT2D eigenvalue weighted by Crippen LogP contribution is 2.05. The maximum absolute atomic E-state index is 11.6. The molecule has 0 spiro atoms. The van der Waals surface area contributed by atoms with E-state index in [0.717, 1.165) is 22.9 Å². The number of rotatable bonds is 6. The van der Waals surface area contributed by atoms with Crippen LogP contribution in [0, 0.1) is 10.1 Å². The lowest BCUT2D eigenvalue weighted by atomic mass is 10.3. The van der Waals surface area contributed by atoms with E-state index in [1.807, 2.05) is 6.92 Å². The van der Waals surface area contributed by atoms with Crippen molar-refractivity contribution in [1.29, 1.82) is 0 Å². The average molecular weight is 305 g/mol.